The van der Waals surface area contributed by atoms with E-state index in [0.717, 1.165) is 10.9 Å². The number of nitrogens with zero attached hydrogens (tertiary/aromatic N) is 1. The van der Waals surface area contributed by atoms with Crippen LogP contribution in [-0.2, 0) is 27.8 Å². The summed E-state index contributed by atoms with van der Waals surface area (Å²) in [5.74, 6) is 0.438. The number of sulfonamides is 1. The third kappa shape index (κ3) is 4.81. The standard InChI is InChI=1S/C27H24N2O7S/c1-17-5-3-6-19-12-21(26(30)28-25(17)19)15-29(14-18-9-10-23-24(11-18)36-16-35-23)37(32,33)22-8-4-7-20(13-22)27(31)34-2/h3-13H,14-16H2,1-2H3,(H,28,30). The second kappa shape index (κ2) is 9.72. The fraction of sp³-hybridized carbons (Fsp3) is 0.185. The van der Waals surface area contributed by atoms with Gasteiger partial charge in [-0.2, -0.15) is 4.31 Å². The van der Waals surface area contributed by atoms with Gasteiger partial charge in [0.2, 0.25) is 16.8 Å². The van der Waals surface area contributed by atoms with E-state index in [1.165, 1.54) is 35.7 Å². The minimum absolute atomic E-state index is 0.0489. The van der Waals surface area contributed by atoms with Gasteiger partial charge in [-0.3, -0.25) is 4.79 Å². The first-order valence-electron chi connectivity index (χ1n) is 11.4. The van der Waals surface area contributed by atoms with Crippen molar-refractivity contribution in [3.05, 3.63) is 99.3 Å². The molecule has 0 amide bonds. The van der Waals surface area contributed by atoms with Crippen LogP contribution in [0, 0.1) is 6.92 Å². The Bertz CT molecular complexity index is 1680. The quantitative estimate of drug-likeness (QED) is 0.369. The number of hydrogen-bond donors (Lipinski definition) is 1. The molecule has 9 nitrogen and oxygen atoms in total. The van der Waals surface area contributed by atoms with Crippen molar-refractivity contribution in [2.24, 2.45) is 0 Å². The van der Waals surface area contributed by atoms with Crippen LogP contribution in [-0.4, -0.2) is 37.6 Å². The highest BCUT2D eigenvalue weighted by Crippen LogP contribution is 2.33. The predicted octanol–water partition coefficient (Wildman–Crippen LogP) is 3.74. The molecule has 0 fully saturated rings. The summed E-state index contributed by atoms with van der Waals surface area (Å²) in [5, 5.41) is 0.794. The van der Waals surface area contributed by atoms with E-state index in [-0.39, 0.29) is 41.5 Å². The minimum atomic E-state index is -4.15. The summed E-state index contributed by atoms with van der Waals surface area (Å²) >= 11 is 0. The number of nitrogens with one attached hydrogen (secondary N) is 1. The molecule has 37 heavy (non-hydrogen) atoms. The topological polar surface area (TPSA) is 115 Å². The molecule has 0 saturated carbocycles. The average molecular weight is 521 g/mol. The van der Waals surface area contributed by atoms with E-state index in [1.54, 1.807) is 24.3 Å². The lowest BCUT2D eigenvalue weighted by Crippen LogP contribution is -2.32. The highest BCUT2D eigenvalue weighted by Gasteiger charge is 2.28. The molecule has 0 atom stereocenters. The Hall–Kier alpha value is -4.15. The third-order valence-corrected chi connectivity index (χ3v) is 7.99. The van der Waals surface area contributed by atoms with Crippen molar-refractivity contribution >= 4 is 26.9 Å². The number of para-hydroxylation sites is 1. The number of aromatic nitrogens is 1. The molecule has 4 aromatic rings. The molecule has 5 rings (SSSR count). The molecular formula is C27H24N2O7S. The lowest BCUT2D eigenvalue weighted by molar-refractivity contribution is 0.0600. The lowest BCUT2D eigenvalue weighted by Gasteiger charge is -2.23. The maximum Gasteiger partial charge on any atom is 0.337 e. The van der Waals surface area contributed by atoms with Crippen LogP contribution in [0.1, 0.15) is 27.0 Å². The number of carbonyl (C=O) groups excluding carboxylic acids is 1. The van der Waals surface area contributed by atoms with Crippen LogP contribution < -0.4 is 15.0 Å². The minimum Gasteiger partial charge on any atom is -0.465 e. The van der Waals surface area contributed by atoms with Crippen LogP contribution in [0.5, 0.6) is 11.5 Å². The van der Waals surface area contributed by atoms with Gasteiger partial charge in [-0.15, -0.1) is 0 Å². The summed E-state index contributed by atoms with van der Waals surface area (Å²) in [6, 6.07) is 18.1. The van der Waals surface area contributed by atoms with Gasteiger partial charge < -0.3 is 19.2 Å². The molecule has 1 N–H and O–H groups in total. The number of methoxy groups -OCH3 is 1. The van der Waals surface area contributed by atoms with Gasteiger partial charge in [-0.1, -0.05) is 30.3 Å². The van der Waals surface area contributed by atoms with Crippen molar-refractivity contribution in [2.75, 3.05) is 13.9 Å². The molecular weight excluding hydrogens is 496 g/mol. The van der Waals surface area contributed by atoms with Crippen molar-refractivity contribution in [1.29, 1.82) is 0 Å². The van der Waals surface area contributed by atoms with E-state index in [2.05, 4.69) is 4.98 Å². The van der Waals surface area contributed by atoms with Crippen molar-refractivity contribution in [3.63, 3.8) is 0 Å². The first kappa shape index (κ1) is 24.5. The summed E-state index contributed by atoms with van der Waals surface area (Å²) in [4.78, 5) is 27.8. The van der Waals surface area contributed by atoms with Gasteiger partial charge in [0, 0.05) is 18.7 Å². The molecule has 0 radical (unpaired) electrons. The first-order valence-corrected chi connectivity index (χ1v) is 12.9. The Kier molecular flexibility index (Phi) is 6.45. The number of H-pyrrole nitrogens is 1. The van der Waals surface area contributed by atoms with E-state index in [9.17, 15) is 18.0 Å². The van der Waals surface area contributed by atoms with Crippen molar-refractivity contribution in [1.82, 2.24) is 9.29 Å². The normalized spacial score (nSPS) is 12.7. The summed E-state index contributed by atoms with van der Waals surface area (Å²) in [6.45, 7) is 1.74. The zero-order chi connectivity index (χ0) is 26.2. The molecule has 2 heterocycles. The van der Waals surface area contributed by atoms with Gasteiger partial charge in [0.15, 0.2) is 11.5 Å². The Morgan fingerprint density at radius 3 is 2.59 bits per heavy atom. The lowest BCUT2D eigenvalue weighted by atomic mass is 10.1. The van der Waals surface area contributed by atoms with Crippen LogP contribution >= 0.6 is 0 Å². The molecule has 0 spiro atoms. The highest BCUT2D eigenvalue weighted by molar-refractivity contribution is 7.89. The van der Waals surface area contributed by atoms with E-state index >= 15 is 0 Å². The van der Waals surface area contributed by atoms with Crippen molar-refractivity contribution in [3.8, 4) is 11.5 Å². The molecule has 0 saturated heterocycles. The number of rotatable bonds is 7. The maximum absolute atomic E-state index is 13.9. The fourth-order valence-electron chi connectivity index (χ4n) is 4.26. The molecule has 0 unspecified atom stereocenters. The average Bonchev–Trinajstić information content (AvgIpc) is 3.37. The van der Waals surface area contributed by atoms with Crippen LogP contribution in [0.3, 0.4) is 0 Å². The van der Waals surface area contributed by atoms with Crippen LogP contribution in [0.15, 0.2) is 76.4 Å². The molecule has 1 aliphatic rings. The van der Waals surface area contributed by atoms with Gasteiger partial charge in [0.05, 0.1) is 23.1 Å². The predicted molar refractivity (Wildman–Crippen MR) is 136 cm³/mol. The highest BCUT2D eigenvalue weighted by atomic mass is 32.2. The number of ether oxygens (including phenoxy) is 3. The number of aryl methyl sites for hydroxylation is 1. The van der Waals surface area contributed by atoms with Crippen molar-refractivity contribution in [2.45, 2.75) is 24.9 Å². The van der Waals surface area contributed by atoms with E-state index in [0.29, 0.717) is 22.6 Å². The van der Waals surface area contributed by atoms with E-state index in [1.807, 2.05) is 25.1 Å². The van der Waals surface area contributed by atoms with E-state index < -0.39 is 16.0 Å². The number of pyridine rings is 1. The van der Waals surface area contributed by atoms with Gasteiger partial charge in [-0.25, -0.2) is 13.2 Å². The summed E-state index contributed by atoms with van der Waals surface area (Å²) in [7, 11) is -2.93. The Morgan fingerprint density at radius 2 is 1.78 bits per heavy atom. The summed E-state index contributed by atoms with van der Waals surface area (Å²) < 4.78 is 44.5. The van der Waals surface area contributed by atoms with Crippen molar-refractivity contribution < 1.29 is 27.4 Å². The number of esters is 1. The second-order valence-electron chi connectivity index (χ2n) is 8.64. The molecule has 1 aromatic heterocycles. The van der Waals surface area contributed by atoms with Gasteiger partial charge in [0.25, 0.3) is 5.56 Å². The number of hydrogen-bond acceptors (Lipinski definition) is 7. The van der Waals surface area contributed by atoms with E-state index in [4.69, 9.17) is 14.2 Å². The Balaban J connectivity index is 1.58. The van der Waals surface area contributed by atoms with Crippen LogP contribution in [0.4, 0.5) is 0 Å². The number of benzene rings is 3. The Morgan fingerprint density at radius 1 is 1.00 bits per heavy atom. The number of aromatic amines is 1. The van der Waals surface area contributed by atoms with Crippen LogP contribution in [0.25, 0.3) is 10.9 Å². The number of fused-ring (bicyclic) bond motifs is 2. The zero-order valence-electron chi connectivity index (χ0n) is 20.2. The van der Waals surface area contributed by atoms with Gasteiger partial charge >= 0.3 is 5.97 Å². The second-order valence-corrected chi connectivity index (χ2v) is 10.6. The summed E-state index contributed by atoms with van der Waals surface area (Å²) in [5.41, 5.74) is 2.26. The first-order chi connectivity index (χ1) is 17.8. The molecule has 190 valence electrons. The molecule has 0 aliphatic carbocycles. The third-order valence-electron chi connectivity index (χ3n) is 6.20. The fourth-order valence-corrected chi connectivity index (χ4v) is 5.71. The zero-order valence-corrected chi connectivity index (χ0v) is 21.0. The molecule has 0 bridgehead atoms. The van der Waals surface area contributed by atoms with Gasteiger partial charge in [0.1, 0.15) is 0 Å². The van der Waals surface area contributed by atoms with Crippen LogP contribution in [0.2, 0.25) is 0 Å². The molecule has 10 heteroatoms. The monoisotopic (exact) mass is 520 g/mol. The smallest absolute Gasteiger partial charge is 0.337 e. The largest absolute Gasteiger partial charge is 0.465 e. The summed E-state index contributed by atoms with van der Waals surface area (Å²) in [6.07, 6.45) is 0. The number of carbonyl (C=O) groups is 1. The van der Waals surface area contributed by atoms with Gasteiger partial charge in [-0.05, 0) is 59.8 Å². The SMILES string of the molecule is COC(=O)c1cccc(S(=O)(=O)N(Cc2ccc3c(c2)OCO3)Cc2cc3cccc(C)c3[nH]c2=O)c1. The molecule has 1 aliphatic heterocycles. The Labute approximate surface area is 213 Å². The maximum atomic E-state index is 13.9. The molecule has 3 aromatic carbocycles.